The maximum Gasteiger partial charge on any atom is 0.0541 e. The summed E-state index contributed by atoms with van der Waals surface area (Å²) in [5.41, 5.74) is 23.2. The number of hydrogen-bond acceptors (Lipinski definition) is 0. The lowest BCUT2D eigenvalue weighted by molar-refractivity contribution is 0.626. The summed E-state index contributed by atoms with van der Waals surface area (Å²) in [5, 5.41) is 11.5. The van der Waals surface area contributed by atoms with E-state index in [0.717, 1.165) is 19.3 Å². The summed E-state index contributed by atoms with van der Waals surface area (Å²) >= 11 is 0. The van der Waals surface area contributed by atoms with Crippen LogP contribution < -0.4 is 10.6 Å². The third-order valence-corrected chi connectivity index (χ3v) is 18.3. The van der Waals surface area contributed by atoms with E-state index in [-0.39, 0.29) is 11.3 Å². The molecule has 2 aromatic heterocycles. The molecule has 3 aliphatic carbocycles. The van der Waals surface area contributed by atoms with Crippen LogP contribution in [0, 0.1) is 0 Å². The summed E-state index contributed by atoms with van der Waals surface area (Å²) < 4.78 is 4.93. The lowest BCUT2D eigenvalue weighted by atomic mass is 9.72. The summed E-state index contributed by atoms with van der Waals surface area (Å²) in [4.78, 5) is 0. The van der Waals surface area contributed by atoms with Crippen molar-refractivity contribution >= 4 is 66.4 Å². The van der Waals surface area contributed by atoms with Crippen LogP contribution in [0.15, 0.2) is 261 Å². The molecule has 14 aromatic rings. The van der Waals surface area contributed by atoms with Crippen molar-refractivity contribution in [2.75, 3.05) is 0 Å². The van der Waals surface area contributed by atoms with Crippen LogP contribution >= 0.6 is 0 Å². The standard InChI is InChI=1S/C77H52N2/c1-4-18-60-53(13-1)16-11-25-71(60)78-73-23-9-6-20-64(73)66-45-56(37-41-75(66)78)49-27-31-51(32-28-49)58-35-39-62-63-40-36-59(48-70(63)77(69(62)47-58)44-43-55-15-3-8-22-68(55)77)52-33-29-50(30-34-52)57-38-42-76-67(46-57)65-21-7-10-24-74(65)79(76)72-26-12-17-54-14-2-5-19-61(54)72/h1-37,39-42,45-48,57H,38,43-44H2. The number of aromatic nitrogens is 2. The second-order valence-electron chi connectivity index (χ2n) is 22.2. The number of nitrogens with zero attached hydrogens (tertiary/aromatic N) is 2. The van der Waals surface area contributed by atoms with Gasteiger partial charge in [-0.15, -0.1) is 0 Å². The molecule has 79 heavy (non-hydrogen) atoms. The van der Waals surface area contributed by atoms with Crippen LogP contribution in [0.1, 0.15) is 46.6 Å². The van der Waals surface area contributed by atoms with Gasteiger partial charge in [0.2, 0.25) is 0 Å². The van der Waals surface area contributed by atoms with Gasteiger partial charge in [-0.05, 0) is 151 Å². The van der Waals surface area contributed by atoms with Gasteiger partial charge >= 0.3 is 0 Å². The number of rotatable bonds is 6. The maximum absolute atomic E-state index is 2.53. The SMILES string of the molecule is C1=c2c(n(-c3cccc4ccccc34)c3ccccc23)=CCC1c1ccc(-c2ccc3c(c2)C2(CCc4ccccc42)c2cc(-c4ccc(-c5ccc6c(c5)c5ccccc5n6-c5cccc6ccccc56)cc4)ccc2-3)cc1. The molecule has 2 heterocycles. The van der Waals surface area contributed by atoms with E-state index in [1.54, 1.807) is 0 Å². The van der Waals surface area contributed by atoms with Crippen molar-refractivity contribution in [1.82, 2.24) is 9.13 Å². The van der Waals surface area contributed by atoms with Crippen molar-refractivity contribution in [2.24, 2.45) is 0 Å². The van der Waals surface area contributed by atoms with Gasteiger partial charge in [-0.3, -0.25) is 0 Å². The van der Waals surface area contributed by atoms with Gasteiger partial charge in [-0.25, -0.2) is 0 Å². The summed E-state index contributed by atoms with van der Waals surface area (Å²) in [6, 6.07) is 98.1. The van der Waals surface area contributed by atoms with Crippen molar-refractivity contribution in [3.05, 3.63) is 299 Å². The number of benzene rings is 12. The van der Waals surface area contributed by atoms with Gasteiger partial charge in [0, 0.05) is 48.8 Å². The normalized spacial score (nSPS) is 16.1. The Hall–Kier alpha value is -9.76. The smallest absolute Gasteiger partial charge is 0.0541 e. The zero-order chi connectivity index (χ0) is 51.8. The second-order valence-corrected chi connectivity index (χ2v) is 22.2. The van der Waals surface area contributed by atoms with Crippen LogP contribution in [0.5, 0.6) is 0 Å². The summed E-state index contributed by atoms with van der Waals surface area (Å²) in [7, 11) is 0. The highest BCUT2D eigenvalue weighted by Crippen LogP contribution is 2.59. The molecule has 0 saturated carbocycles. The Morgan fingerprint density at radius 3 is 1.52 bits per heavy atom. The molecular weight excluding hydrogens is 953 g/mol. The zero-order valence-electron chi connectivity index (χ0n) is 43.6. The molecule has 0 aliphatic heterocycles. The first kappa shape index (κ1) is 44.4. The third kappa shape index (κ3) is 6.58. The van der Waals surface area contributed by atoms with Crippen LogP contribution in [0.3, 0.4) is 0 Å². The summed E-state index contributed by atoms with van der Waals surface area (Å²) in [6.07, 6.45) is 8.08. The second kappa shape index (κ2) is 17.1. The first-order valence-corrected chi connectivity index (χ1v) is 28.0. The predicted octanol–water partition coefficient (Wildman–Crippen LogP) is 18.0. The van der Waals surface area contributed by atoms with E-state index in [9.17, 15) is 0 Å². The molecule has 0 fully saturated rings. The van der Waals surface area contributed by atoms with Gasteiger partial charge < -0.3 is 9.13 Å². The van der Waals surface area contributed by atoms with Crippen molar-refractivity contribution in [2.45, 2.75) is 30.6 Å². The molecule has 2 nitrogen and oxygen atoms in total. The molecule has 0 amide bonds. The Kier molecular flexibility index (Phi) is 9.62. The Bertz CT molecular complexity index is 4980. The topological polar surface area (TPSA) is 9.86 Å². The molecule has 3 aliphatic rings. The fraction of sp³-hybridized carbons (Fsp3) is 0.0649. The van der Waals surface area contributed by atoms with E-state index >= 15 is 0 Å². The van der Waals surface area contributed by atoms with Crippen molar-refractivity contribution in [1.29, 1.82) is 0 Å². The molecule has 0 radical (unpaired) electrons. The summed E-state index contributed by atoms with van der Waals surface area (Å²) in [5.74, 6) is 0.289. The number of aryl methyl sites for hydroxylation is 1. The van der Waals surface area contributed by atoms with E-state index in [2.05, 4.69) is 282 Å². The predicted molar refractivity (Wildman–Crippen MR) is 331 cm³/mol. The Morgan fingerprint density at radius 1 is 0.354 bits per heavy atom. The summed E-state index contributed by atoms with van der Waals surface area (Å²) in [6.45, 7) is 0. The molecule has 2 heteroatoms. The Morgan fingerprint density at radius 2 is 0.848 bits per heavy atom. The highest BCUT2D eigenvalue weighted by Gasteiger charge is 2.48. The van der Waals surface area contributed by atoms with Crippen LogP contribution in [-0.4, -0.2) is 9.13 Å². The fourth-order valence-corrected chi connectivity index (χ4v) is 14.6. The molecule has 0 saturated heterocycles. The number of para-hydroxylation sites is 2. The monoisotopic (exact) mass is 1000 g/mol. The minimum Gasteiger partial charge on any atom is -0.309 e. The van der Waals surface area contributed by atoms with E-state index in [1.165, 1.54) is 149 Å². The molecule has 12 aromatic carbocycles. The molecule has 370 valence electrons. The third-order valence-electron chi connectivity index (χ3n) is 18.3. The first-order chi connectivity index (χ1) is 39.1. The quantitative estimate of drug-likeness (QED) is 0.157. The van der Waals surface area contributed by atoms with Gasteiger partial charge in [0.05, 0.1) is 27.9 Å². The highest BCUT2D eigenvalue weighted by atomic mass is 15.0. The average molecular weight is 1010 g/mol. The first-order valence-electron chi connectivity index (χ1n) is 28.0. The lowest BCUT2D eigenvalue weighted by Gasteiger charge is -2.29. The van der Waals surface area contributed by atoms with E-state index in [1.807, 2.05) is 0 Å². The van der Waals surface area contributed by atoms with Gasteiger partial charge in [0.25, 0.3) is 0 Å². The molecule has 17 rings (SSSR count). The Labute approximate surface area is 458 Å². The molecular formula is C77H52N2. The molecule has 0 bridgehead atoms. The average Bonchev–Trinajstić information content (AvgIpc) is 4.42. The highest BCUT2D eigenvalue weighted by molar-refractivity contribution is 6.12. The van der Waals surface area contributed by atoms with Crippen LogP contribution in [0.4, 0.5) is 0 Å². The van der Waals surface area contributed by atoms with Gasteiger partial charge in [0.1, 0.15) is 0 Å². The van der Waals surface area contributed by atoms with Crippen molar-refractivity contribution < 1.29 is 0 Å². The molecule has 0 N–H and O–H groups in total. The van der Waals surface area contributed by atoms with Crippen LogP contribution in [0.25, 0.3) is 122 Å². The number of hydrogen-bond donors (Lipinski definition) is 0. The van der Waals surface area contributed by atoms with Gasteiger partial charge in [-0.1, -0.05) is 224 Å². The van der Waals surface area contributed by atoms with Crippen LogP contribution in [-0.2, 0) is 11.8 Å². The van der Waals surface area contributed by atoms with Crippen molar-refractivity contribution in [3.63, 3.8) is 0 Å². The Balaban J connectivity index is 0.700. The maximum atomic E-state index is 2.53. The molecule has 2 unspecified atom stereocenters. The number of fused-ring (bicyclic) bond motifs is 15. The molecule has 1 spiro atoms. The van der Waals surface area contributed by atoms with Crippen molar-refractivity contribution in [3.8, 4) is 55.9 Å². The fourth-order valence-electron chi connectivity index (χ4n) is 14.6. The van der Waals surface area contributed by atoms with E-state index < -0.39 is 0 Å². The van der Waals surface area contributed by atoms with E-state index in [0.29, 0.717) is 0 Å². The minimum atomic E-state index is -0.219. The largest absolute Gasteiger partial charge is 0.309 e. The molecule has 2 atom stereocenters. The van der Waals surface area contributed by atoms with Gasteiger partial charge in [0.15, 0.2) is 0 Å². The van der Waals surface area contributed by atoms with Gasteiger partial charge in [-0.2, -0.15) is 0 Å². The van der Waals surface area contributed by atoms with E-state index in [4.69, 9.17) is 0 Å². The zero-order valence-corrected chi connectivity index (χ0v) is 43.6. The minimum absolute atomic E-state index is 0.219. The van der Waals surface area contributed by atoms with Crippen LogP contribution in [0.2, 0.25) is 0 Å². The lowest BCUT2D eigenvalue weighted by Crippen LogP contribution is -2.31.